The lowest BCUT2D eigenvalue weighted by Gasteiger charge is -2.15. The zero-order valence-corrected chi connectivity index (χ0v) is 15.9. The lowest BCUT2D eigenvalue weighted by atomic mass is 10.1. The highest BCUT2D eigenvalue weighted by Crippen LogP contribution is 2.24. The first-order valence-electron chi connectivity index (χ1n) is 8.15. The van der Waals surface area contributed by atoms with E-state index in [2.05, 4.69) is 10.3 Å². The Kier molecular flexibility index (Phi) is 5.08. The van der Waals surface area contributed by atoms with Crippen LogP contribution >= 0.6 is 11.3 Å². The fourth-order valence-corrected chi connectivity index (χ4v) is 3.67. The fraction of sp³-hybridized carbons (Fsp3) is 0.263. The number of carbonyl (C=O) groups excluding carboxylic acids is 1. The topological polar surface area (TPSA) is 56.1 Å². The first kappa shape index (κ1) is 18.1. The molecule has 0 aliphatic carbocycles. The van der Waals surface area contributed by atoms with Crippen molar-refractivity contribution in [2.24, 2.45) is 0 Å². The third-order valence-corrected chi connectivity index (χ3v) is 5.07. The number of nitrogens with one attached hydrogen (secondary N) is 1. The van der Waals surface area contributed by atoms with Crippen LogP contribution in [0.5, 0.6) is 5.75 Å². The summed E-state index contributed by atoms with van der Waals surface area (Å²) in [5, 5.41) is 5.65. The minimum absolute atomic E-state index is 0.180. The first-order valence-corrected chi connectivity index (χ1v) is 9.03. The molecule has 1 atom stereocenters. The van der Waals surface area contributed by atoms with Gasteiger partial charge in [0, 0.05) is 23.0 Å². The molecule has 0 radical (unpaired) electrons. The van der Waals surface area contributed by atoms with Crippen LogP contribution in [0.1, 0.15) is 40.3 Å². The fourth-order valence-electron chi connectivity index (χ4n) is 2.92. The molecule has 5 nitrogen and oxygen atoms in total. The Morgan fingerprint density at radius 3 is 2.73 bits per heavy atom. The van der Waals surface area contributed by atoms with Crippen LogP contribution < -0.4 is 10.1 Å². The average Bonchev–Trinajstić information content (AvgIpc) is 3.22. The van der Waals surface area contributed by atoms with Crippen molar-refractivity contribution in [3.63, 3.8) is 0 Å². The Hall–Kier alpha value is -2.67. The number of methoxy groups -OCH3 is 1. The van der Waals surface area contributed by atoms with E-state index in [0.717, 1.165) is 16.5 Å². The Morgan fingerprint density at radius 2 is 2.12 bits per heavy atom. The van der Waals surface area contributed by atoms with E-state index < -0.39 is 5.82 Å². The summed E-state index contributed by atoms with van der Waals surface area (Å²) in [6.07, 6.45) is 1.74. The van der Waals surface area contributed by atoms with E-state index >= 15 is 0 Å². The van der Waals surface area contributed by atoms with E-state index in [9.17, 15) is 9.18 Å². The van der Waals surface area contributed by atoms with Gasteiger partial charge in [0.2, 0.25) is 0 Å². The Bertz CT molecular complexity index is 935. The zero-order chi connectivity index (χ0) is 18.8. The van der Waals surface area contributed by atoms with Crippen LogP contribution in [0.2, 0.25) is 0 Å². The molecule has 0 saturated carbocycles. The van der Waals surface area contributed by atoms with E-state index in [-0.39, 0.29) is 17.7 Å². The van der Waals surface area contributed by atoms with Crippen LogP contribution in [0.3, 0.4) is 0 Å². The lowest BCUT2D eigenvalue weighted by Crippen LogP contribution is -2.27. The molecule has 1 N–H and O–H groups in total. The minimum Gasteiger partial charge on any atom is -0.494 e. The predicted octanol–water partition coefficient (Wildman–Crippen LogP) is 4.19. The van der Waals surface area contributed by atoms with E-state index in [4.69, 9.17) is 4.74 Å². The number of ether oxygens (including phenoxy) is 1. The van der Waals surface area contributed by atoms with Crippen molar-refractivity contribution < 1.29 is 13.9 Å². The van der Waals surface area contributed by atoms with Gasteiger partial charge in [-0.2, -0.15) is 0 Å². The minimum atomic E-state index is -0.451. The Balaban J connectivity index is 1.82. The molecule has 1 aromatic carbocycles. The van der Waals surface area contributed by atoms with Gasteiger partial charge in [0.25, 0.3) is 5.91 Å². The molecule has 3 rings (SSSR count). The van der Waals surface area contributed by atoms with Crippen LogP contribution in [-0.4, -0.2) is 22.6 Å². The van der Waals surface area contributed by atoms with Gasteiger partial charge in [-0.05, 0) is 44.5 Å². The van der Waals surface area contributed by atoms with Crippen molar-refractivity contribution in [1.29, 1.82) is 0 Å². The first-order chi connectivity index (χ1) is 12.4. The van der Waals surface area contributed by atoms with Crippen molar-refractivity contribution in [1.82, 2.24) is 14.9 Å². The summed E-state index contributed by atoms with van der Waals surface area (Å²) in [5.74, 6) is -0.475. The van der Waals surface area contributed by atoms with Crippen LogP contribution in [0.15, 0.2) is 35.8 Å². The van der Waals surface area contributed by atoms with Gasteiger partial charge >= 0.3 is 0 Å². The van der Waals surface area contributed by atoms with Crippen molar-refractivity contribution in [2.45, 2.75) is 26.8 Å². The van der Waals surface area contributed by atoms with E-state index in [1.54, 1.807) is 18.3 Å². The normalized spacial score (nSPS) is 12.0. The summed E-state index contributed by atoms with van der Waals surface area (Å²) >= 11 is 1.51. The number of aromatic nitrogens is 2. The summed E-state index contributed by atoms with van der Waals surface area (Å²) < 4.78 is 20.8. The molecule has 1 unspecified atom stereocenters. The van der Waals surface area contributed by atoms with Gasteiger partial charge in [-0.15, -0.1) is 11.3 Å². The van der Waals surface area contributed by atoms with Crippen molar-refractivity contribution in [2.75, 3.05) is 7.11 Å². The smallest absolute Gasteiger partial charge is 0.253 e. The maximum atomic E-state index is 13.9. The number of thiazole rings is 1. The van der Waals surface area contributed by atoms with Gasteiger partial charge in [-0.25, -0.2) is 9.37 Å². The van der Waals surface area contributed by atoms with Crippen LogP contribution in [0.25, 0.3) is 5.13 Å². The van der Waals surface area contributed by atoms with Gasteiger partial charge in [0.1, 0.15) is 0 Å². The molecule has 26 heavy (non-hydrogen) atoms. The molecular weight excluding hydrogens is 353 g/mol. The Labute approximate surface area is 155 Å². The number of nitrogens with zero attached hydrogens (tertiary/aromatic N) is 2. The molecule has 0 aliphatic rings. The molecule has 2 aromatic heterocycles. The maximum absolute atomic E-state index is 13.9. The van der Waals surface area contributed by atoms with E-state index in [1.165, 1.54) is 24.5 Å². The van der Waals surface area contributed by atoms with Gasteiger partial charge < -0.3 is 10.1 Å². The van der Waals surface area contributed by atoms with E-state index in [1.807, 2.05) is 36.8 Å². The maximum Gasteiger partial charge on any atom is 0.253 e. The van der Waals surface area contributed by atoms with Crippen LogP contribution in [0.4, 0.5) is 4.39 Å². The molecule has 0 spiro atoms. The number of benzene rings is 1. The molecule has 1 amide bonds. The number of amides is 1. The third-order valence-electron chi connectivity index (χ3n) is 4.31. The van der Waals surface area contributed by atoms with Crippen molar-refractivity contribution in [3.8, 4) is 10.9 Å². The van der Waals surface area contributed by atoms with Gasteiger partial charge in [0.15, 0.2) is 16.7 Å². The van der Waals surface area contributed by atoms with Crippen molar-refractivity contribution in [3.05, 3.63) is 64.2 Å². The molecule has 0 aliphatic heterocycles. The summed E-state index contributed by atoms with van der Waals surface area (Å²) in [4.78, 5) is 17.0. The molecule has 0 fully saturated rings. The standard InChI is InChI=1S/C19H20FN3O2S/c1-11-9-15(13(3)23(11)19-21-7-8-26-19)18(24)22-12(2)14-5-6-17(25-4)16(20)10-14/h5-10,12H,1-4H3,(H,22,24). The quantitative estimate of drug-likeness (QED) is 0.730. The van der Waals surface area contributed by atoms with Gasteiger partial charge in [0.05, 0.1) is 18.7 Å². The van der Waals surface area contributed by atoms with Crippen LogP contribution in [-0.2, 0) is 0 Å². The van der Waals surface area contributed by atoms with Crippen molar-refractivity contribution >= 4 is 17.2 Å². The molecule has 7 heteroatoms. The van der Waals surface area contributed by atoms with Gasteiger partial charge in [-0.1, -0.05) is 6.07 Å². The third kappa shape index (κ3) is 3.35. The number of carbonyl (C=O) groups is 1. The van der Waals surface area contributed by atoms with Crippen LogP contribution in [0, 0.1) is 19.7 Å². The Morgan fingerprint density at radius 1 is 1.35 bits per heavy atom. The largest absolute Gasteiger partial charge is 0.494 e. The second kappa shape index (κ2) is 7.29. The predicted molar refractivity (Wildman–Crippen MR) is 99.7 cm³/mol. The highest BCUT2D eigenvalue weighted by molar-refractivity contribution is 7.12. The second-order valence-electron chi connectivity index (χ2n) is 6.02. The zero-order valence-electron chi connectivity index (χ0n) is 15.0. The summed E-state index contributed by atoms with van der Waals surface area (Å²) in [7, 11) is 1.42. The number of hydrogen-bond donors (Lipinski definition) is 1. The highest BCUT2D eigenvalue weighted by atomic mass is 32.1. The number of rotatable bonds is 5. The molecule has 0 saturated heterocycles. The monoisotopic (exact) mass is 373 g/mol. The highest BCUT2D eigenvalue weighted by Gasteiger charge is 2.20. The molecular formula is C19H20FN3O2S. The number of aryl methyl sites for hydroxylation is 1. The summed E-state index contributed by atoms with van der Waals surface area (Å²) in [6.45, 7) is 5.65. The SMILES string of the molecule is COc1ccc(C(C)NC(=O)c2cc(C)n(-c3nccs3)c2C)cc1F. The van der Waals surface area contributed by atoms with Gasteiger partial charge in [-0.3, -0.25) is 9.36 Å². The molecule has 3 aromatic rings. The van der Waals surface area contributed by atoms with E-state index in [0.29, 0.717) is 11.1 Å². The average molecular weight is 373 g/mol. The summed E-state index contributed by atoms with van der Waals surface area (Å²) in [6, 6.07) is 6.18. The molecule has 0 bridgehead atoms. The molecule has 2 heterocycles. The lowest BCUT2D eigenvalue weighted by molar-refractivity contribution is 0.0939. The summed E-state index contributed by atoms with van der Waals surface area (Å²) in [5.41, 5.74) is 3.01. The second-order valence-corrected chi connectivity index (χ2v) is 6.90. The number of halogens is 1. The number of hydrogen-bond acceptors (Lipinski definition) is 4. The molecule has 136 valence electrons.